The lowest BCUT2D eigenvalue weighted by molar-refractivity contribution is 0.201. The van der Waals surface area contributed by atoms with E-state index in [0.29, 0.717) is 5.75 Å². The highest BCUT2D eigenvalue weighted by molar-refractivity contribution is 7.99. The molecule has 2 rings (SSSR count). The number of benzene rings is 1. The van der Waals surface area contributed by atoms with Gasteiger partial charge in [0.1, 0.15) is 12.4 Å². The van der Waals surface area contributed by atoms with Crippen LogP contribution in [0.25, 0.3) is 0 Å². The van der Waals surface area contributed by atoms with Gasteiger partial charge >= 0.3 is 0 Å². The van der Waals surface area contributed by atoms with Crippen LogP contribution in [0.5, 0.6) is 5.75 Å². The third-order valence-electron chi connectivity index (χ3n) is 2.98. The quantitative estimate of drug-likeness (QED) is 0.825. The maximum atomic E-state index is 12.2. The molecule has 1 atom stereocenters. The van der Waals surface area contributed by atoms with E-state index in [-0.39, 0.29) is 24.2 Å². The molecule has 5 nitrogen and oxygen atoms in total. The number of sulfonamides is 1. The van der Waals surface area contributed by atoms with Crippen molar-refractivity contribution in [2.75, 3.05) is 24.7 Å². The van der Waals surface area contributed by atoms with E-state index in [4.69, 9.17) is 9.84 Å². The molecule has 112 valence electrons. The summed E-state index contributed by atoms with van der Waals surface area (Å²) in [4.78, 5) is 0.240. The van der Waals surface area contributed by atoms with Gasteiger partial charge in [-0.2, -0.15) is 11.8 Å². The van der Waals surface area contributed by atoms with E-state index in [1.807, 2.05) is 0 Å². The van der Waals surface area contributed by atoms with E-state index in [2.05, 4.69) is 4.72 Å². The summed E-state index contributed by atoms with van der Waals surface area (Å²) < 4.78 is 32.4. The van der Waals surface area contributed by atoms with Gasteiger partial charge in [0.25, 0.3) is 0 Å². The second kappa shape index (κ2) is 7.31. The molecular formula is C13H19NO4S2. The molecule has 0 aliphatic carbocycles. The second-order valence-corrected chi connectivity index (χ2v) is 7.44. The van der Waals surface area contributed by atoms with Crippen LogP contribution in [0.2, 0.25) is 0 Å². The molecule has 1 unspecified atom stereocenters. The van der Waals surface area contributed by atoms with Crippen LogP contribution in [0.4, 0.5) is 0 Å². The SMILES string of the molecule is O=S(=O)(NC1CCCSC1)c1ccc(OCCO)cc1. The number of hydrogen-bond acceptors (Lipinski definition) is 5. The van der Waals surface area contributed by atoms with Crippen LogP contribution in [0.1, 0.15) is 12.8 Å². The zero-order valence-electron chi connectivity index (χ0n) is 11.1. The molecule has 1 saturated heterocycles. The van der Waals surface area contributed by atoms with E-state index >= 15 is 0 Å². The summed E-state index contributed by atoms with van der Waals surface area (Å²) in [6, 6.07) is 6.25. The first-order valence-corrected chi connectivity index (χ1v) is 9.19. The van der Waals surface area contributed by atoms with Gasteiger partial charge in [-0.3, -0.25) is 0 Å². The van der Waals surface area contributed by atoms with Crippen LogP contribution in [0.3, 0.4) is 0 Å². The topological polar surface area (TPSA) is 75.6 Å². The molecule has 1 aliphatic heterocycles. The largest absolute Gasteiger partial charge is 0.491 e. The molecule has 0 aromatic heterocycles. The van der Waals surface area contributed by atoms with Gasteiger partial charge in [-0.05, 0) is 42.9 Å². The third kappa shape index (κ3) is 4.37. The van der Waals surface area contributed by atoms with Gasteiger partial charge in [0.05, 0.1) is 11.5 Å². The second-order valence-electron chi connectivity index (χ2n) is 4.58. The number of nitrogens with one attached hydrogen (secondary N) is 1. The lowest BCUT2D eigenvalue weighted by Crippen LogP contribution is -2.38. The summed E-state index contributed by atoms with van der Waals surface area (Å²) in [5.74, 6) is 2.48. The Labute approximate surface area is 123 Å². The van der Waals surface area contributed by atoms with Gasteiger partial charge in [0.15, 0.2) is 0 Å². The summed E-state index contributed by atoms with van der Waals surface area (Å²) in [5, 5.41) is 8.66. The smallest absolute Gasteiger partial charge is 0.240 e. The van der Waals surface area contributed by atoms with Crippen molar-refractivity contribution in [2.24, 2.45) is 0 Å². The van der Waals surface area contributed by atoms with E-state index in [1.165, 1.54) is 12.1 Å². The zero-order valence-corrected chi connectivity index (χ0v) is 12.8. The van der Waals surface area contributed by atoms with Crippen molar-refractivity contribution in [2.45, 2.75) is 23.8 Å². The van der Waals surface area contributed by atoms with Crippen LogP contribution in [0.15, 0.2) is 29.2 Å². The highest BCUT2D eigenvalue weighted by atomic mass is 32.2. The molecule has 0 radical (unpaired) electrons. The highest BCUT2D eigenvalue weighted by Crippen LogP contribution is 2.20. The number of thioether (sulfide) groups is 1. The molecule has 7 heteroatoms. The monoisotopic (exact) mass is 317 g/mol. The van der Waals surface area contributed by atoms with E-state index in [1.54, 1.807) is 23.9 Å². The number of aliphatic hydroxyl groups excluding tert-OH is 1. The van der Waals surface area contributed by atoms with Crippen molar-refractivity contribution in [1.29, 1.82) is 0 Å². The maximum Gasteiger partial charge on any atom is 0.240 e. The molecule has 0 amide bonds. The van der Waals surface area contributed by atoms with Gasteiger partial charge in [0.2, 0.25) is 10.0 Å². The highest BCUT2D eigenvalue weighted by Gasteiger charge is 2.21. The van der Waals surface area contributed by atoms with Gasteiger partial charge in [-0.15, -0.1) is 0 Å². The average molecular weight is 317 g/mol. The Morgan fingerprint density at radius 2 is 2.10 bits per heavy atom. The molecule has 0 bridgehead atoms. The predicted octanol–water partition coefficient (Wildman–Crippen LogP) is 1.23. The lowest BCUT2D eigenvalue weighted by atomic mass is 10.2. The summed E-state index contributed by atoms with van der Waals surface area (Å²) >= 11 is 1.78. The summed E-state index contributed by atoms with van der Waals surface area (Å²) in [5.41, 5.74) is 0. The standard InChI is InChI=1S/C13H19NO4S2/c15-7-8-18-12-3-5-13(6-4-12)20(16,17)14-11-2-1-9-19-10-11/h3-6,11,14-15H,1-2,7-10H2. The Morgan fingerprint density at radius 3 is 2.70 bits per heavy atom. The number of hydrogen-bond donors (Lipinski definition) is 2. The summed E-state index contributed by atoms with van der Waals surface area (Å²) in [6.07, 6.45) is 1.94. The van der Waals surface area contributed by atoms with Crippen LogP contribution in [-0.2, 0) is 10.0 Å². The third-order valence-corrected chi connectivity index (χ3v) is 5.73. The molecule has 1 aromatic carbocycles. The van der Waals surface area contributed by atoms with Crippen LogP contribution in [0, 0.1) is 0 Å². The number of aliphatic hydroxyl groups is 1. The Morgan fingerprint density at radius 1 is 1.35 bits per heavy atom. The Bertz CT molecular complexity index is 510. The minimum Gasteiger partial charge on any atom is -0.491 e. The Balaban J connectivity index is 2.01. The van der Waals surface area contributed by atoms with Crippen molar-refractivity contribution in [1.82, 2.24) is 4.72 Å². The molecule has 0 saturated carbocycles. The zero-order chi connectivity index (χ0) is 14.4. The van der Waals surface area contributed by atoms with E-state index in [9.17, 15) is 8.42 Å². The fourth-order valence-corrected chi connectivity index (χ4v) is 4.45. The summed E-state index contributed by atoms with van der Waals surface area (Å²) in [6.45, 7) is 0.130. The van der Waals surface area contributed by atoms with Crippen molar-refractivity contribution in [3.05, 3.63) is 24.3 Å². The number of ether oxygens (including phenoxy) is 1. The van der Waals surface area contributed by atoms with Crippen molar-refractivity contribution >= 4 is 21.8 Å². The molecule has 1 heterocycles. The van der Waals surface area contributed by atoms with Gasteiger partial charge in [0, 0.05) is 11.8 Å². The van der Waals surface area contributed by atoms with Gasteiger partial charge < -0.3 is 9.84 Å². The first-order chi connectivity index (χ1) is 9.62. The summed E-state index contributed by atoms with van der Waals surface area (Å²) in [7, 11) is -3.47. The molecular weight excluding hydrogens is 298 g/mol. The first kappa shape index (κ1) is 15.6. The predicted molar refractivity (Wildman–Crippen MR) is 79.7 cm³/mol. The molecule has 2 N–H and O–H groups in total. The van der Waals surface area contributed by atoms with Crippen LogP contribution in [-0.4, -0.2) is 44.3 Å². The molecule has 20 heavy (non-hydrogen) atoms. The molecule has 1 fully saturated rings. The Hall–Kier alpha value is -0.760. The maximum absolute atomic E-state index is 12.2. The fourth-order valence-electron chi connectivity index (χ4n) is 2.00. The van der Waals surface area contributed by atoms with Crippen LogP contribution >= 0.6 is 11.8 Å². The van der Waals surface area contributed by atoms with Gasteiger partial charge in [-0.1, -0.05) is 0 Å². The molecule has 0 spiro atoms. The van der Waals surface area contributed by atoms with Crippen molar-refractivity contribution < 1.29 is 18.3 Å². The molecule has 1 aliphatic rings. The van der Waals surface area contributed by atoms with E-state index in [0.717, 1.165) is 24.3 Å². The lowest BCUT2D eigenvalue weighted by Gasteiger charge is -2.22. The average Bonchev–Trinajstić information content (AvgIpc) is 2.46. The van der Waals surface area contributed by atoms with E-state index < -0.39 is 10.0 Å². The Kier molecular flexibility index (Phi) is 5.71. The van der Waals surface area contributed by atoms with Crippen molar-refractivity contribution in [3.8, 4) is 5.75 Å². The molecule has 1 aromatic rings. The minimum absolute atomic E-state index is 0.0177. The minimum atomic E-state index is -3.47. The normalized spacial score (nSPS) is 19.8. The van der Waals surface area contributed by atoms with Crippen molar-refractivity contribution in [3.63, 3.8) is 0 Å². The number of rotatable bonds is 6. The first-order valence-electron chi connectivity index (χ1n) is 6.55. The van der Waals surface area contributed by atoms with Crippen LogP contribution < -0.4 is 9.46 Å². The van der Waals surface area contributed by atoms with Gasteiger partial charge in [-0.25, -0.2) is 13.1 Å². The fraction of sp³-hybridized carbons (Fsp3) is 0.538.